The maximum Gasteiger partial charge on any atom is 0.253 e. The fourth-order valence-corrected chi connectivity index (χ4v) is 2.31. The lowest BCUT2D eigenvalue weighted by atomic mass is 10.1. The molecule has 1 atom stereocenters. The van der Waals surface area contributed by atoms with Crippen LogP contribution in [0.4, 0.5) is 0 Å². The fraction of sp³-hybridized carbons (Fsp3) is 0.188. The van der Waals surface area contributed by atoms with Crippen molar-refractivity contribution >= 4 is 30.1 Å². The summed E-state index contributed by atoms with van der Waals surface area (Å²) < 4.78 is 0. The largest absolute Gasteiger partial charge is 0.345 e. The highest BCUT2D eigenvalue weighted by Gasteiger charge is 2.14. The molecule has 2 aromatic carbocycles. The summed E-state index contributed by atoms with van der Waals surface area (Å²) in [6, 6.07) is 13.1. The van der Waals surface area contributed by atoms with Gasteiger partial charge in [0.05, 0.1) is 16.6 Å². The standard InChI is InChI=1S/C16H16ClNOS/c1-10-3-5-12(6-4-10)11(2)18-16(19)14-9-13(20)7-8-15(14)17/h3-9,11,20H,1-2H3,(H,18,19). The van der Waals surface area contributed by atoms with E-state index in [-0.39, 0.29) is 11.9 Å². The normalized spacial score (nSPS) is 12.0. The van der Waals surface area contributed by atoms with Crippen LogP contribution in [0, 0.1) is 6.92 Å². The third kappa shape index (κ3) is 3.56. The van der Waals surface area contributed by atoms with Crippen molar-refractivity contribution in [2.24, 2.45) is 0 Å². The van der Waals surface area contributed by atoms with Gasteiger partial charge in [0.1, 0.15) is 0 Å². The van der Waals surface area contributed by atoms with E-state index in [1.807, 2.05) is 38.1 Å². The molecule has 2 nitrogen and oxygen atoms in total. The molecule has 0 aliphatic heterocycles. The van der Waals surface area contributed by atoms with Crippen LogP contribution in [0.25, 0.3) is 0 Å². The molecule has 104 valence electrons. The Balaban J connectivity index is 2.15. The van der Waals surface area contributed by atoms with Crippen molar-refractivity contribution < 1.29 is 4.79 Å². The van der Waals surface area contributed by atoms with Crippen molar-refractivity contribution in [3.8, 4) is 0 Å². The molecule has 0 aliphatic rings. The van der Waals surface area contributed by atoms with Gasteiger partial charge >= 0.3 is 0 Å². The van der Waals surface area contributed by atoms with Crippen molar-refractivity contribution in [3.63, 3.8) is 0 Å². The third-order valence-corrected chi connectivity index (χ3v) is 3.73. The van der Waals surface area contributed by atoms with Gasteiger partial charge in [-0.05, 0) is 37.6 Å². The van der Waals surface area contributed by atoms with E-state index in [0.29, 0.717) is 15.5 Å². The summed E-state index contributed by atoms with van der Waals surface area (Å²) in [5, 5.41) is 3.37. The first-order valence-corrected chi connectivity index (χ1v) is 7.16. The predicted octanol–water partition coefficient (Wildman–Crippen LogP) is 4.43. The number of carbonyl (C=O) groups excluding carboxylic acids is 1. The summed E-state index contributed by atoms with van der Waals surface area (Å²) in [7, 11) is 0. The van der Waals surface area contributed by atoms with Crippen LogP contribution in [0.1, 0.15) is 34.5 Å². The number of aryl methyl sites for hydroxylation is 1. The van der Waals surface area contributed by atoms with Crippen molar-refractivity contribution in [2.45, 2.75) is 24.8 Å². The van der Waals surface area contributed by atoms with Crippen LogP contribution in [-0.2, 0) is 0 Å². The molecule has 0 bridgehead atoms. The van der Waals surface area contributed by atoms with Crippen LogP contribution in [0.15, 0.2) is 47.4 Å². The van der Waals surface area contributed by atoms with E-state index < -0.39 is 0 Å². The van der Waals surface area contributed by atoms with E-state index in [4.69, 9.17) is 11.6 Å². The van der Waals surface area contributed by atoms with Gasteiger partial charge in [0.15, 0.2) is 0 Å². The van der Waals surface area contributed by atoms with Crippen LogP contribution in [0.2, 0.25) is 5.02 Å². The minimum atomic E-state index is -0.195. The number of carbonyl (C=O) groups is 1. The minimum absolute atomic E-state index is 0.0808. The minimum Gasteiger partial charge on any atom is -0.345 e. The molecule has 20 heavy (non-hydrogen) atoms. The van der Waals surface area contributed by atoms with E-state index in [1.165, 1.54) is 5.56 Å². The lowest BCUT2D eigenvalue weighted by Crippen LogP contribution is -2.26. The second-order valence-electron chi connectivity index (χ2n) is 4.77. The Morgan fingerprint density at radius 1 is 1.20 bits per heavy atom. The van der Waals surface area contributed by atoms with Gasteiger partial charge < -0.3 is 5.32 Å². The number of nitrogens with one attached hydrogen (secondary N) is 1. The van der Waals surface area contributed by atoms with Gasteiger partial charge in [-0.2, -0.15) is 0 Å². The molecule has 0 saturated carbocycles. The average molecular weight is 306 g/mol. The molecule has 0 aliphatic carbocycles. The van der Waals surface area contributed by atoms with E-state index >= 15 is 0 Å². The number of benzene rings is 2. The number of rotatable bonds is 3. The first kappa shape index (κ1) is 14.9. The maximum atomic E-state index is 12.2. The third-order valence-electron chi connectivity index (χ3n) is 3.12. The smallest absolute Gasteiger partial charge is 0.253 e. The van der Waals surface area contributed by atoms with Crippen LogP contribution < -0.4 is 5.32 Å². The summed E-state index contributed by atoms with van der Waals surface area (Å²) in [5.41, 5.74) is 2.69. The SMILES string of the molecule is Cc1ccc(C(C)NC(=O)c2cc(S)ccc2Cl)cc1. The molecule has 0 spiro atoms. The van der Waals surface area contributed by atoms with Crippen molar-refractivity contribution in [3.05, 3.63) is 64.2 Å². The molecular formula is C16H16ClNOS. The van der Waals surface area contributed by atoms with Gasteiger partial charge in [0, 0.05) is 4.90 Å². The summed E-state index contributed by atoms with van der Waals surface area (Å²) in [6.07, 6.45) is 0. The molecule has 1 unspecified atom stereocenters. The zero-order valence-electron chi connectivity index (χ0n) is 11.4. The van der Waals surface area contributed by atoms with Gasteiger partial charge in [0.25, 0.3) is 5.91 Å². The average Bonchev–Trinajstić information content (AvgIpc) is 2.42. The molecule has 0 aromatic heterocycles. The Morgan fingerprint density at radius 2 is 1.85 bits per heavy atom. The predicted molar refractivity (Wildman–Crippen MR) is 85.8 cm³/mol. The molecule has 1 N–H and O–H groups in total. The molecule has 0 heterocycles. The number of hydrogen-bond acceptors (Lipinski definition) is 2. The van der Waals surface area contributed by atoms with Gasteiger partial charge in [-0.25, -0.2) is 0 Å². The van der Waals surface area contributed by atoms with E-state index in [2.05, 4.69) is 17.9 Å². The molecule has 1 amide bonds. The molecule has 0 radical (unpaired) electrons. The van der Waals surface area contributed by atoms with Crippen LogP contribution in [0.5, 0.6) is 0 Å². The van der Waals surface area contributed by atoms with E-state index in [9.17, 15) is 4.79 Å². The topological polar surface area (TPSA) is 29.1 Å². The first-order valence-electron chi connectivity index (χ1n) is 6.33. The Morgan fingerprint density at radius 3 is 2.50 bits per heavy atom. The quantitative estimate of drug-likeness (QED) is 0.807. The van der Waals surface area contributed by atoms with E-state index in [1.54, 1.807) is 18.2 Å². The fourth-order valence-electron chi connectivity index (χ4n) is 1.90. The Kier molecular flexibility index (Phi) is 4.73. The van der Waals surface area contributed by atoms with Crippen LogP contribution in [0.3, 0.4) is 0 Å². The monoisotopic (exact) mass is 305 g/mol. The number of thiol groups is 1. The Labute approximate surface area is 129 Å². The van der Waals surface area contributed by atoms with Crippen molar-refractivity contribution in [1.29, 1.82) is 0 Å². The van der Waals surface area contributed by atoms with E-state index in [0.717, 1.165) is 5.56 Å². The summed E-state index contributed by atoms with van der Waals surface area (Å²) >= 11 is 10.3. The molecule has 2 aromatic rings. The van der Waals surface area contributed by atoms with Gasteiger partial charge in [-0.15, -0.1) is 12.6 Å². The first-order chi connectivity index (χ1) is 9.47. The molecule has 2 rings (SSSR count). The van der Waals surface area contributed by atoms with Gasteiger partial charge in [0.2, 0.25) is 0 Å². The zero-order valence-corrected chi connectivity index (χ0v) is 13.0. The maximum absolute atomic E-state index is 12.2. The summed E-state index contributed by atoms with van der Waals surface area (Å²) in [5.74, 6) is -0.195. The summed E-state index contributed by atoms with van der Waals surface area (Å²) in [6.45, 7) is 3.98. The molecule has 0 fully saturated rings. The number of amides is 1. The number of halogens is 1. The molecule has 0 saturated heterocycles. The lowest BCUT2D eigenvalue weighted by Gasteiger charge is -2.15. The lowest BCUT2D eigenvalue weighted by molar-refractivity contribution is 0.0940. The highest BCUT2D eigenvalue weighted by atomic mass is 35.5. The van der Waals surface area contributed by atoms with Gasteiger partial charge in [-0.1, -0.05) is 41.4 Å². The number of hydrogen-bond donors (Lipinski definition) is 2. The Hall–Kier alpha value is -1.45. The second-order valence-corrected chi connectivity index (χ2v) is 5.69. The Bertz CT molecular complexity index is 625. The van der Waals surface area contributed by atoms with Crippen molar-refractivity contribution in [1.82, 2.24) is 5.32 Å². The second kappa shape index (κ2) is 6.33. The van der Waals surface area contributed by atoms with Crippen molar-refractivity contribution in [2.75, 3.05) is 0 Å². The zero-order chi connectivity index (χ0) is 14.7. The molecular weight excluding hydrogens is 290 g/mol. The highest BCUT2D eigenvalue weighted by Crippen LogP contribution is 2.21. The highest BCUT2D eigenvalue weighted by molar-refractivity contribution is 7.80. The van der Waals surface area contributed by atoms with Gasteiger partial charge in [-0.3, -0.25) is 4.79 Å². The summed E-state index contributed by atoms with van der Waals surface area (Å²) in [4.78, 5) is 12.9. The van der Waals surface area contributed by atoms with Crippen LogP contribution >= 0.6 is 24.2 Å². The van der Waals surface area contributed by atoms with Crippen LogP contribution in [-0.4, -0.2) is 5.91 Å². The molecule has 4 heteroatoms.